The van der Waals surface area contributed by atoms with Gasteiger partial charge in [-0.1, -0.05) is 28.1 Å². The molecule has 0 heterocycles. The third-order valence-electron chi connectivity index (χ3n) is 2.64. The fourth-order valence-corrected chi connectivity index (χ4v) is 2.17. The monoisotopic (exact) mass is 235 g/mol. The smallest absolute Gasteiger partial charge is 0.0656 e. The van der Waals surface area contributed by atoms with Crippen molar-refractivity contribution in [2.24, 2.45) is 5.92 Å². The Morgan fingerprint density at radius 3 is 2.77 bits per heavy atom. The molecular weight excluding hydrogens is 226 g/mol. The van der Waals surface area contributed by atoms with Crippen LogP contribution in [0.3, 0.4) is 0 Å². The van der Waals surface area contributed by atoms with E-state index in [1.165, 1.54) is 5.56 Å². The quantitative estimate of drug-likeness (QED) is 0.732. The molecule has 0 amide bonds. The second-order valence-corrected chi connectivity index (χ2v) is 4.47. The first-order valence-electron chi connectivity index (χ1n) is 4.44. The van der Waals surface area contributed by atoms with E-state index in [0.29, 0.717) is 11.8 Å². The molecule has 1 saturated carbocycles. The molecule has 1 aliphatic rings. The van der Waals surface area contributed by atoms with Crippen LogP contribution in [0.25, 0.3) is 0 Å². The Morgan fingerprint density at radius 1 is 1.38 bits per heavy atom. The average molecular weight is 236 g/mol. The lowest BCUT2D eigenvalue weighted by molar-refractivity contribution is 0.331. The lowest BCUT2D eigenvalue weighted by Crippen LogP contribution is -2.20. The molecule has 1 aliphatic carbocycles. The zero-order chi connectivity index (χ0) is 9.26. The predicted molar refractivity (Wildman–Crippen MR) is 55.2 cm³/mol. The maximum atomic E-state index is 8.65. The molecule has 1 fully saturated rings. The van der Waals surface area contributed by atoms with E-state index in [0.717, 1.165) is 17.3 Å². The Labute approximate surface area is 86.5 Å². The van der Waals surface area contributed by atoms with Crippen LogP contribution in [-0.4, -0.2) is 0 Å². The lowest BCUT2D eigenvalue weighted by Gasteiger charge is -2.30. The van der Waals surface area contributed by atoms with Gasteiger partial charge in [0.15, 0.2) is 0 Å². The summed E-state index contributed by atoms with van der Waals surface area (Å²) in [5.41, 5.74) is 1.36. The summed E-state index contributed by atoms with van der Waals surface area (Å²) in [6.07, 6.45) is 2.07. The van der Waals surface area contributed by atoms with E-state index in [-0.39, 0.29) is 0 Å². The summed E-state index contributed by atoms with van der Waals surface area (Å²) in [7, 11) is 0. The molecule has 2 rings (SSSR count). The van der Waals surface area contributed by atoms with Crippen molar-refractivity contribution in [3.8, 4) is 6.07 Å². The van der Waals surface area contributed by atoms with Gasteiger partial charge in [0.25, 0.3) is 0 Å². The van der Waals surface area contributed by atoms with Crippen LogP contribution < -0.4 is 0 Å². The number of benzene rings is 1. The van der Waals surface area contributed by atoms with Crippen molar-refractivity contribution in [1.29, 1.82) is 5.26 Å². The van der Waals surface area contributed by atoms with Gasteiger partial charge in [0.05, 0.1) is 6.07 Å². The highest BCUT2D eigenvalue weighted by atomic mass is 79.9. The molecule has 0 radical (unpaired) electrons. The predicted octanol–water partition coefficient (Wildman–Crippen LogP) is 3.47. The standard InChI is InChI=1S/C11H10BrN/c12-11-3-1-2-9(6-11)10-4-8(5-10)7-13/h1-3,6,8,10H,4-5H2. The zero-order valence-corrected chi connectivity index (χ0v) is 8.79. The zero-order valence-electron chi connectivity index (χ0n) is 7.20. The largest absolute Gasteiger partial charge is 0.198 e. The van der Waals surface area contributed by atoms with Gasteiger partial charge in [-0.05, 0) is 36.5 Å². The molecule has 0 saturated heterocycles. The van der Waals surface area contributed by atoms with Gasteiger partial charge in [0, 0.05) is 10.4 Å². The second-order valence-electron chi connectivity index (χ2n) is 3.55. The normalized spacial score (nSPS) is 26.2. The molecule has 1 aromatic carbocycles. The van der Waals surface area contributed by atoms with Gasteiger partial charge in [-0.15, -0.1) is 0 Å². The highest BCUT2D eigenvalue weighted by molar-refractivity contribution is 9.10. The summed E-state index contributed by atoms with van der Waals surface area (Å²) >= 11 is 3.45. The molecule has 2 heteroatoms. The van der Waals surface area contributed by atoms with Gasteiger partial charge in [-0.25, -0.2) is 0 Å². The Morgan fingerprint density at radius 2 is 2.15 bits per heavy atom. The summed E-state index contributed by atoms with van der Waals surface area (Å²) in [4.78, 5) is 0. The highest BCUT2D eigenvalue weighted by Gasteiger charge is 2.29. The number of nitriles is 1. The summed E-state index contributed by atoms with van der Waals surface area (Å²) in [5.74, 6) is 0.908. The third kappa shape index (κ3) is 1.76. The van der Waals surface area contributed by atoms with Gasteiger partial charge in [-0.2, -0.15) is 5.26 Å². The van der Waals surface area contributed by atoms with E-state index in [2.05, 4.69) is 40.2 Å². The molecule has 0 N–H and O–H groups in total. The van der Waals surface area contributed by atoms with E-state index >= 15 is 0 Å². The van der Waals surface area contributed by atoms with Crippen molar-refractivity contribution in [3.63, 3.8) is 0 Å². The maximum Gasteiger partial charge on any atom is 0.0656 e. The molecule has 0 atom stereocenters. The Hall–Kier alpha value is -0.810. The number of hydrogen-bond donors (Lipinski definition) is 0. The highest BCUT2D eigenvalue weighted by Crippen LogP contribution is 2.41. The SMILES string of the molecule is N#CC1CC(c2cccc(Br)c2)C1. The van der Waals surface area contributed by atoms with Gasteiger partial charge < -0.3 is 0 Å². The van der Waals surface area contributed by atoms with Crippen LogP contribution in [0.1, 0.15) is 24.3 Å². The molecule has 0 unspecified atom stereocenters. The first-order valence-corrected chi connectivity index (χ1v) is 5.24. The van der Waals surface area contributed by atoms with Crippen LogP contribution in [0.15, 0.2) is 28.7 Å². The van der Waals surface area contributed by atoms with E-state index in [9.17, 15) is 0 Å². The van der Waals surface area contributed by atoms with Crippen molar-refractivity contribution in [2.75, 3.05) is 0 Å². The van der Waals surface area contributed by atoms with Crippen LogP contribution >= 0.6 is 15.9 Å². The van der Waals surface area contributed by atoms with Crippen LogP contribution in [-0.2, 0) is 0 Å². The van der Waals surface area contributed by atoms with E-state index in [1.807, 2.05) is 6.07 Å². The van der Waals surface area contributed by atoms with Crippen LogP contribution in [0.5, 0.6) is 0 Å². The molecule has 0 spiro atoms. The molecule has 13 heavy (non-hydrogen) atoms. The first kappa shape index (κ1) is 8.77. The minimum absolute atomic E-state index is 0.295. The Balaban J connectivity index is 2.08. The van der Waals surface area contributed by atoms with Crippen LogP contribution in [0.2, 0.25) is 0 Å². The van der Waals surface area contributed by atoms with E-state index in [1.54, 1.807) is 0 Å². The van der Waals surface area contributed by atoms with Gasteiger partial charge in [0.1, 0.15) is 0 Å². The molecule has 1 nitrogen and oxygen atoms in total. The second kappa shape index (κ2) is 3.51. The summed E-state index contributed by atoms with van der Waals surface area (Å²) in [5, 5.41) is 8.65. The number of halogens is 1. The molecule has 0 aromatic heterocycles. The molecule has 66 valence electrons. The Bertz CT molecular complexity index is 347. The minimum Gasteiger partial charge on any atom is -0.198 e. The van der Waals surface area contributed by atoms with Gasteiger partial charge in [-0.3, -0.25) is 0 Å². The topological polar surface area (TPSA) is 23.8 Å². The Kier molecular flexibility index (Phi) is 2.37. The molecule has 0 aliphatic heterocycles. The molecule has 0 bridgehead atoms. The van der Waals surface area contributed by atoms with E-state index in [4.69, 9.17) is 5.26 Å². The number of nitrogens with zero attached hydrogens (tertiary/aromatic N) is 1. The van der Waals surface area contributed by atoms with E-state index < -0.39 is 0 Å². The fourth-order valence-electron chi connectivity index (χ4n) is 1.76. The lowest BCUT2D eigenvalue weighted by atomic mass is 9.72. The van der Waals surface area contributed by atoms with Crippen molar-refractivity contribution >= 4 is 15.9 Å². The van der Waals surface area contributed by atoms with Crippen molar-refractivity contribution < 1.29 is 0 Å². The fraction of sp³-hybridized carbons (Fsp3) is 0.364. The summed E-state index contributed by atoms with van der Waals surface area (Å²) in [6.45, 7) is 0. The van der Waals surface area contributed by atoms with Crippen molar-refractivity contribution in [1.82, 2.24) is 0 Å². The maximum absolute atomic E-state index is 8.65. The van der Waals surface area contributed by atoms with Crippen molar-refractivity contribution in [3.05, 3.63) is 34.3 Å². The number of hydrogen-bond acceptors (Lipinski definition) is 1. The minimum atomic E-state index is 0.295. The van der Waals surface area contributed by atoms with Crippen LogP contribution in [0, 0.1) is 17.2 Å². The summed E-state index contributed by atoms with van der Waals surface area (Å²) in [6, 6.07) is 10.7. The summed E-state index contributed by atoms with van der Waals surface area (Å²) < 4.78 is 1.13. The van der Waals surface area contributed by atoms with Crippen LogP contribution in [0.4, 0.5) is 0 Å². The third-order valence-corrected chi connectivity index (χ3v) is 3.13. The molecular formula is C11H10BrN. The average Bonchev–Trinajstić information content (AvgIpc) is 2.02. The number of rotatable bonds is 1. The van der Waals surface area contributed by atoms with Crippen molar-refractivity contribution in [2.45, 2.75) is 18.8 Å². The first-order chi connectivity index (χ1) is 6.29. The van der Waals surface area contributed by atoms with Gasteiger partial charge >= 0.3 is 0 Å². The molecule has 1 aromatic rings. The van der Waals surface area contributed by atoms with Gasteiger partial charge in [0.2, 0.25) is 0 Å².